The van der Waals surface area contributed by atoms with Gasteiger partial charge in [0.1, 0.15) is 23.4 Å². The number of terminal acetylenes is 1. The Morgan fingerprint density at radius 3 is 2.02 bits per heavy atom. The van der Waals surface area contributed by atoms with Crippen LogP contribution in [-0.4, -0.2) is 47.1 Å². The molecule has 222 valence electrons. The first-order chi connectivity index (χ1) is 19.1. The zero-order valence-corrected chi connectivity index (χ0v) is 25.8. The molecular formula is C33H45N3O5. The third-order valence-corrected chi connectivity index (χ3v) is 6.71. The molecule has 0 bridgehead atoms. The van der Waals surface area contributed by atoms with Crippen LogP contribution in [0.15, 0.2) is 48.5 Å². The van der Waals surface area contributed by atoms with Crippen LogP contribution in [-0.2, 0) is 14.3 Å². The molecule has 0 aliphatic rings. The molecule has 0 fully saturated rings. The number of nitrogens with zero attached hydrogens (tertiary/aromatic N) is 1. The second-order valence-corrected chi connectivity index (χ2v) is 12.1. The number of carbonyl (C=O) groups is 3. The van der Waals surface area contributed by atoms with Crippen LogP contribution in [0.4, 0.5) is 10.5 Å². The third-order valence-electron chi connectivity index (χ3n) is 6.71. The molecule has 0 aromatic heterocycles. The van der Waals surface area contributed by atoms with Crippen LogP contribution >= 0.6 is 0 Å². The maximum Gasteiger partial charge on any atom is 0.408 e. The van der Waals surface area contributed by atoms with Gasteiger partial charge in [0.05, 0.1) is 7.11 Å². The molecule has 0 aliphatic heterocycles. The highest BCUT2D eigenvalue weighted by molar-refractivity contribution is 5.99. The lowest BCUT2D eigenvalue weighted by Gasteiger charge is -2.44. The fourth-order valence-corrected chi connectivity index (χ4v) is 4.32. The van der Waals surface area contributed by atoms with Gasteiger partial charge in [0.2, 0.25) is 5.91 Å². The van der Waals surface area contributed by atoms with Crippen molar-refractivity contribution in [1.29, 1.82) is 0 Å². The number of anilines is 1. The molecule has 0 saturated heterocycles. The van der Waals surface area contributed by atoms with Crippen LogP contribution < -0.4 is 15.4 Å². The molecule has 2 rings (SSSR count). The Morgan fingerprint density at radius 2 is 1.56 bits per heavy atom. The summed E-state index contributed by atoms with van der Waals surface area (Å²) in [6, 6.07) is 12.0. The standard InChI is InChI=1S/C33H45N3O5/c1-11-23-13-15-24(16-14-23)28(29(37)34-25-17-19-26(40-10)20-18-25)36(33(8,9)12-2)30(38)27(21-22(3)4)35-31(39)41-32(5,6)7/h1,13-20,22,27-28H,12,21H2,2-10H3,(H,34,37)(H,35,39). The van der Waals surface area contributed by atoms with Crippen molar-refractivity contribution in [2.24, 2.45) is 5.92 Å². The first-order valence-electron chi connectivity index (χ1n) is 14.0. The Labute approximate surface area is 245 Å². The lowest BCUT2D eigenvalue weighted by molar-refractivity contribution is -0.148. The minimum absolute atomic E-state index is 0.0759. The van der Waals surface area contributed by atoms with Crippen LogP contribution in [0.1, 0.15) is 85.4 Å². The average Bonchev–Trinajstić information content (AvgIpc) is 2.90. The number of nitrogens with one attached hydrogen (secondary N) is 2. The van der Waals surface area contributed by atoms with Gasteiger partial charge in [-0.25, -0.2) is 4.79 Å². The van der Waals surface area contributed by atoms with E-state index in [-0.39, 0.29) is 11.8 Å². The summed E-state index contributed by atoms with van der Waals surface area (Å²) in [7, 11) is 1.57. The van der Waals surface area contributed by atoms with Gasteiger partial charge in [0.25, 0.3) is 5.91 Å². The Balaban J connectivity index is 2.64. The van der Waals surface area contributed by atoms with Gasteiger partial charge in [0, 0.05) is 16.8 Å². The molecule has 2 aromatic carbocycles. The maximum absolute atomic E-state index is 14.5. The monoisotopic (exact) mass is 563 g/mol. The number of hydrogen-bond donors (Lipinski definition) is 2. The van der Waals surface area contributed by atoms with E-state index in [0.717, 1.165) is 0 Å². The van der Waals surface area contributed by atoms with Crippen LogP contribution in [0.25, 0.3) is 0 Å². The Morgan fingerprint density at radius 1 is 0.976 bits per heavy atom. The molecule has 0 saturated carbocycles. The first-order valence-corrected chi connectivity index (χ1v) is 14.0. The average molecular weight is 564 g/mol. The van der Waals surface area contributed by atoms with Crippen molar-refractivity contribution in [3.05, 3.63) is 59.7 Å². The fourth-order valence-electron chi connectivity index (χ4n) is 4.32. The lowest BCUT2D eigenvalue weighted by Crippen LogP contribution is -2.59. The summed E-state index contributed by atoms with van der Waals surface area (Å²) in [6.45, 7) is 15.0. The fraction of sp³-hybridized carbons (Fsp3) is 0.485. The van der Waals surface area contributed by atoms with Crippen molar-refractivity contribution in [3.63, 3.8) is 0 Å². The smallest absolute Gasteiger partial charge is 0.408 e. The molecule has 8 heteroatoms. The molecule has 0 spiro atoms. The second-order valence-electron chi connectivity index (χ2n) is 12.1. The summed E-state index contributed by atoms with van der Waals surface area (Å²) in [6.07, 6.45) is 5.80. The van der Waals surface area contributed by atoms with Gasteiger partial charge < -0.3 is 25.0 Å². The van der Waals surface area contributed by atoms with Crippen LogP contribution in [0, 0.1) is 18.3 Å². The largest absolute Gasteiger partial charge is 0.497 e. The first kappa shape index (κ1) is 33.2. The zero-order valence-electron chi connectivity index (χ0n) is 25.8. The van der Waals surface area contributed by atoms with Gasteiger partial charge in [-0.2, -0.15) is 0 Å². The quantitative estimate of drug-likeness (QED) is 0.312. The number of carbonyl (C=O) groups excluding carboxylic acids is 3. The molecule has 0 radical (unpaired) electrons. The van der Waals surface area contributed by atoms with Crippen molar-refractivity contribution in [2.75, 3.05) is 12.4 Å². The van der Waals surface area contributed by atoms with Gasteiger partial charge in [-0.1, -0.05) is 38.8 Å². The van der Waals surface area contributed by atoms with Gasteiger partial charge in [-0.3, -0.25) is 9.59 Å². The molecule has 2 atom stereocenters. The molecule has 2 aromatic rings. The van der Waals surface area contributed by atoms with E-state index in [2.05, 4.69) is 16.6 Å². The van der Waals surface area contributed by atoms with Gasteiger partial charge in [-0.15, -0.1) is 6.42 Å². The number of rotatable bonds is 11. The molecule has 3 amide bonds. The molecule has 0 aliphatic carbocycles. The van der Waals surface area contributed by atoms with Crippen molar-refractivity contribution in [2.45, 2.75) is 91.5 Å². The third kappa shape index (κ3) is 9.56. The summed E-state index contributed by atoms with van der Waals surface area (Å²) >= 11 is 0. The summed E-state index contributed by atoms with van der Waals surface area (Å²) in [5.74, 6) is 2.53. The van der Waals surface area contributed by atoms with Gasteiger partial charge in [-0.05, 0) is 95.3 Å². The second kappa shape index (κ2) is 14.1. The number of benzene rings is 2. The number of ether oxygens (including phenoxy) is 2. The minimum Gasteiger partial charge on any atom is -0.497 e. The maximum atomic E-state index is 14.5. The van der Waals surface area contributed by atoms with Gasteiger partial charge >= 0.3 is 6.09 Å². The zero-order chi connectivity index (χ0) is 31.0. The predicted octanol–water partition coefficient (Wildman–Crippen LogP) is 6.31. The van der Waals surface area contributed by atoms with E-state index in [1.807, 2.05) is 34.6 Å². The topological polar surface area (TPSA) is 97.0 Å². The van der Waals surface area contributed by atoms with E-state index >= 15 is 0 Å². The van der Waals surface area contributed by atoms with E-state index in [0.29, 0.717) is 35.4 Å². The summed E-state index contributed by atoms with van der Waals surface area (Å²) in [5, 5.41) is 5.75. The molecule has 2 N–H and O–H groups in total. The Kier molecular flexibility index (Phi) is 11.4. The van der Waals surface area contributed by atoms with Crippen LogP contribution in [0.3, 0.4) is 0 Å². The highest BCUT2D eigenvalue weighted by Crippen LogP contribution is 2.34. The van der Waals surface area contributed by atoms with Crippen molar-refractivity contribution < 1.29 is 23.9 Å². The molecule has 41 heavy (non-hydrogen) atoms. The van der Waals surface area contributed by atoms with Crippen molar-refractivity contribution in [1.82, 2.24) is 10.2 Å². The molecule has 2 unspecified atom stereocenters. The highest BCUT2D eigenvalue weighted by atomic mass is 16.6. The minimum atomic E-state index is -1.03. The highest BCUT2D eigenvalue weighted by Gasteiger charge is 2.43. The van der Waals surface area contributed by atoms with Crippen molar-refractivity contribution in [3.8, 4) is 18.1 Å². The van der Waals surface area contributed by atoms with E-state index < -0.39 is 35.2 Å². The Hall–Kier alpha value is -3.99. The van der Waals surface area contributed by atoms with Gasteiger partial charge in [0.15, 0.2) is 0 Å². The number of methoxy groups -OCH3 is 1. The summed E-state index contributed by atoms with van der Waals surface area (Å²) < 4.78 is 10.7. The van der Waals surface area contributed by atoms with E-state index in [9.17, 15) is 14.4 Å². The summed E-state index contributed by atoms with van der Waals surface area (Å²) in [5.41, 5.74) is 0.283. The van der Waals surface area contributed by atoms with Crippen LogP contribution in [0.5, 0.6) is 5.75 Å². The predicted molar refractivity (Wildman–Crippen MR) is 163 cm³/mol. The summed E-state index contributed by atoms with van der Waals surface area (Å²) in [4.78, 5) is 43.0. The number of amides is 3. The SMILES string of the molecule is C#Cc1ccc(C(C(=O)Nc2ccc(OC)cc2)N(C(=O)C(CC(C)C)NC(=O)OC(C)(C)C)C(C)(C)CC)cc1. The van der Waals surface area contributed by atoms with E-state index in [1.165, 1.54) is 0 Å². The number of alkyl carbamates (subject to hydrolysis) is 1. The van der Waals surface area contributed by atoms with Crippen LogP contribution in [0.2, 0.25) is 0 Å². The van der Waals surface area contributed by atoms with E-state index in [4.69, 9.17) is 15.9 Å². The normalized spacial score (nSPS) is 13.0. The number of hydrogen-bond acceptors (Lipinski definition) is 5. The molecule has 8 nitrogen and oxygen atoms in total. The lowest BCUT2D eigenvalue weighted by atomic mass is 9.90. The Bertz CT molecular complexity index is 1220. The molecule has 0 heterocycles. The molecular weight excluding hydrogens is 518 g/mol. The van der Waals surface area contributed by atoms with Crippen molar-refractivity contribution >= 4 is 23.6 Å². The van der Waals surface area contributed by atoms with E-state index in [1.54, 1.807) is 81.3 Å².